The molecule has 2 aromatic rings. The number of aromatic nitrogens is 2. The number of nitrogens with zero attached hydrogens (tertiary/aromatic N) is 3. The summed E-state index contributed by atoms with van der Waals surface area (Å²) in [4.78, 5) is 3.99. The van der Waals surface area contributed by atoms with Gasteiger partial charge in [-0.05, 0) is 12.1 Å². The Bertz CT molecular complexity index is 665. The molecular formula is C10H14N4O3S. The van der Waals surface area contributed by atoms with Gasteiger partial charge in [0.15, 0.2) is 10.8 Å². The zero-order chi connectivity index (χ0) is 13.3. The van der Waals surface area contributed by atoms with Gasteiger partial charge < -0.3 is 10.8 Å². The Balaban J connectivity index is 2.64. The summed E-state index contributed by atoms with van der Waals surface area (Å²) in [5.41, 5.74) is 6.14. The van der Waals surface area contributed by atoms with Crippen molar-refractivity contribution in [3.05, 3.63) is 24.4 Å². The molecule has 2 rings (SSSR count). The average Bonchev–Trinajstić information content (AvgIpc) is 2.65. The fourth-order valence-corrected chi connectivity index (χ4v) is 2.99. The molecule has 18 heavy (non-hydrogen) atoms. The SMILES string of the molecule is CN(CCO)S(=O)(=O)c1c(N)nc2ccccn12. The first-order valence-electron chi connectivity index (χ1n) is 5.28. The van der Waals surface area contributed by atoms with Gasteiger partial charge in [-0.3, -0.25) is 4.40 Å². The molecule has 0 aliphatic carbocycles. The van der Waals surface area contributed by atoms with E-state index in [9.17, 15) is 8.42 Å². The lowest BCUT2D eigenvalue weighted by atomic mass is 10.5. The fraction of sp³-hybridized carbons (Fsp3) is 0.300. The number of nitrogen functional groups attached to an aromatic ring is 1. The molecule has 0 saturated heterocycles. The highest BCUT2D eigenvalue weighted by Crippen LogP contribution is 2.22. The molecule has 0 spiro atoms. The molecule has 0 fully saturated rings. The first-order chi connectivity index (χ1) is 8.48. The smallest absolute Gasteiger partial charge is 0.262 e. The zero-order valence-electron chi connectivity index (χ0n) is 9.81. The molecule has 2 heterocycles. The van der Waals surface area contributed by atoms with Gasteiger partial charge in [-0.25, -0.2) is 13.4 Å². The summed E-state index contributed by atoms with van der Waals surface area (Å²) >= 11 is 0. The summed E-state index contributed by atoms with van der Waals surface area (Å²) in [6.07, 6.45) is 1.58. The van der Waals surface area contributed by atoms with E-state index < -0.39 is 10.0 Å². The van der Waals surface area contributed by atoms with E-state index in [2.05, 4.69) is 4.98 Å². The number of fused-ring (bicyclic) bond motifs is 1. The van der Waals surface area contributed by atoms with Gasteiger partial charge in [0.05, 0.1) is 6.61 Å². The minimum Gasteiger partial charge on any atom is -0.395 e. The topological polar surface area (TPSA) is 101 Å². The highest BCUT2D eigenvalue weighted by molar-refractivity contribution is 7.89. The van der Waals surface area contributed by atoms with E-state index in [0.29, 0.717) is 5.65 Å². The molecular weight excluding hydrogens is 256 g/mol. The van der Waals surface area contributed by atoms with Crippen molar-refractivity contribution in [1.29, 1.82) is 0 Å². The van der Waals surface area contributed by atoms with Crippen LogP contribution in [-0.2, 0) is 10.0 Å². The maximum atomic E-state index is 12.3. The normalized spacial score (nSPS) is 12.4. The second-order valence-electron chi connectivity index (χ2n) is 3.78. The van der Waals surface area contributed by atoms with Gasteiger partial charge in [-0.2, -0.15) is 4.31 Å². The number of likely N-dealkylation sites (N-methyl/N-ethyl adjacent to an activating group) is 1. The average molecular weight is 270 g/mol. The lowest BCUT2D eigenvalue weighted by Crippen LogP contribution is -2.31. The van der Waals surface area contributed by atoms with Crippen molar-refractivity contribution < 1.29 is 13.5 Å². The number of imidazole rings is 1. The highest BCUT2D eigenvalue weighted by Gasteiger charge is 2.27. The summed E-state index contributed by atoms with van der Waals surface area (Å²) in [6.45, 7) is -0.256. The van der Waals surface area contributed by atoms with Gasteiger partial charge in [-0.1, -0.05) is 6.07 Å². The van der Waals surface area contributed by atoms with Gasteiger partial charge in [0.2, 0.25) is 0 Å². The highest BCUT2D eigenvalue weighted by atomic mass is 32.2. The summed E-state index contributed by atoms with van der Waals surface area (Å²) in [7, 11) is -2.38. The number of pyridine rings is 1. The van der Waals surface area contributed by atoms with Gasteiger partial charge in [0.25, 0.3) is 10.0 Å². The third-order valence-corrected chi connectivity index (χ3v) is 4.48. The number of sulfonamides is 1. The van der Waals surface area contributed by atoms with E-state index in [1.807, 2.05) is 0 Å². The molecule has 98 valence electrons. The molecule has 7 nitrogen and oxygen atoms in total. The van der Waals surface area contributed by atoms with Crippen LogP contribution >= 0.6 is 0 Å². The van der Waals surface area contributed by atoms with E-state index in [-0.39, 0.29) is 24.0 Å². The monoisotopic (exact) mass is 270 g/mol. The van der Waals surface area contributed by atoms with Crippen LogP contribution in [0, 0.1) is 0 Å². The van der Waals surface area contributed by atoms with Crippen molar-refractivity contribution in [1.82, 2.24) is 13.7 Å². The minimum atomic E-state index is -3.77. The number of aliphatic hydroxyl groups excluding tert-OH is 1. The zero-order valence-corrected chi connectivity index (χ0v) is 10.6. The van der Waals surface area contributed by atoms with E-state index in [0.717, 1.165) is 4.31 Å². The Morgan fingerprint density at radius 3 is 2.89 bits per heavy atom. The van der Waals surface area contributed by atoms with E-state index >= 15 is 0 Å². The van der Waals surface area contributed by atoms with Gasteiger partial charge in [0.1, 0.15) is 5.65 Å². The van der Waals surface area contributed by atoms with Gasteiger partial charge >= 0.3 is 0 Å². The summed E-state index contributed by atoms with van der Waals surface area (Å²) in [5, 5.41) is 8.75. The van der Waals surface area contributed by atoms with Crippen molar-refractivity contribution in [2.24, 2.45) is 0 Å². The van der Waals surface area contributed by atoms with Crippen molar-refractivity contribution >= 4 is 21.5 Å². The third-order valence-electron chi connectivity index (χ3n) is 2.58. The molecule has 0 bridgehead atoms. The molecule has 0 aromatic carbocycles. The Morgan fingerprint density at radius 2 is 2.22 bits per heavy atom. The lowest BCUT2D eigenvalue weighted by Gasteiger charge is -2.15. The Morgan fingerprint density at radius 1 is 1.50 bits per heavy atom. The quantitative estimate of drug-likeness (QED) is 0.782. The van der Waals surface area contributed by atoms with E-state index in [1.54, 1.807) is 24.4 Å². The number of aliphatic hydroxyl groups is 1. The molecule has 0 radical (unpaired) electrons. The first-order valence-corrected chi connectivity index (χ1v) is 6.72. The van der Waals surface area contributed by atoms with Crippen LogP contribution in [0.4, 0.5) is 5.82 Å². The first kappa shape index (κ1) is 12.8. The largest absolute Gasteiger partial charge is 0.395 e. The molecule has 0 aliphatic heterocycles. The second kappa shape index (κ2) is 4.56. The van der Waals surface area contributed by atoms with Crippen LogP contribution in [0.2, 0.25) is 0 Å². The van der Waals surface area contributed by atoms with Gasteiger partial charge in [0, 0.05) is 19.8 Å². The van der Waals surface area contributed by atoms with Crippen LogP contribution in [0.1, 0.15) is 0 Å². The summed E-state index contributed by atoms with van der Waals surface area (Å²) < 4.78 is 27.0. The lowest BCUT2D eigenvalue weighted by molar-refractivity contribution is 0.266. The van der Waals surface area contributed by atoms with E-state index in [4.69, 9.17) is 10.8 Å². The van der Waals surface area contributed by atoms with Crippen molar-refractivity contribution in [3.8, 4) is 0 Å². The predicted octanol–water partition coefficient (Wildman–Crippen LogP) is -0.471. The number of rotatable bonds is 4. The van der Waals surface area contributed by atoms with Crippen molar-refractivity contribution in [3.63, 3.8) is 0 Å². The van der Waals surface area contributed by atoms with Crippen molar-refractivity contribution in [2.75, 3.05) is 25.9 Å². The van der Waals surface area contributed by atoms with Crippen LogP contribution in [0.5, 0.6) is 0 Å². The molecule has 0 amide bonds. The predicted molar refractivity (Wildman–Crippen MR) is 66.5 cm³/mol. The number of anilines is 1. The Hall–Kier alpha value is -1.64. The molecule has 8 heteroatoms. The standard InChI is InChI=1S/C10H14N4O3S/c1-13(6-7-15)18(16,17)10-9(11)12-8-4-2-3-5-14(8)10/h2-5,15H,6-7,11H2,1H3. The molecule has 0 atom stereocenters. The number of nitrogens with two attached hydrogens (primary N) is 1. The molecule has 3 N–H and O–H groups in total. The Labute approximate surface area is 105 Å². The van der Waals surface area contributed by atoms with Crippen molar-refractivity contribution in [2.45, 2.75) is 5.03 Å². The van der Waals surface area contributed by atoms with Crippen LogP contribution < -0.4 is 5.73 Å². The minimum absolute atomic E-state index is 0.00183. The van der Waals surface area contributed by atoms with Crippen LogP contribution in [0.3, 0.4) is 0 Å². The second-order valence-corrected chi connectivity index (χ2v) is 5.74. The summed E-state index contributed by atoms with van der Waals surface area (Å²) in [6, 6.07) is 5.11. The molecule has 0 aliphatic rings. The molecule has 0 unspecified atom stereocenters. The van der Waals surface area contributed by atoms with Gasteiger partial charge in [-0.15, -0.1) is 0 Å². The van der Waals surface area contributed by atoms with E-state index in [1.165, 1.54) is 11.4 Å². The van der Waals surface area contributed by atoms with Crippen LogP contribution in [0.25, 0.3) is 5.65 Å². The Kier molecular flexibility index (Phi) is 3.24. The molecule has 0 saturated carbocycles. The third kappa shape index (κ3) is 1.94. The number of hydrogen-bond donors (Lipinski definition) is 2. The maximum Gasteiger partial charge on any atom is 0.262 e. The number of hydrogen-bond acceptors (Lipinski definition) is 5. The summed E-state index contributed by atoms with van der Waals surface area (Å²) in [5.74, 6) is -0.0500. The van der Waals surface area contributed by atoms with Crippen LogP contribution in [-0.4, -0.2) is 47.4 Å². The maximum absolute atomic E-state index is 12.3. The molecule has 2 aromatic heterocycles. The fourth-order valence-electron chi connectivity index (χ4n) is 1.66. The van der Waals surface area contributed by atoms with Crippen LogP contribution in [0.15, 0.2) is 29.4 Å².